The molecule has 0 radical (unpaired) electrons. The van der Waals surface area contributed by atoms with Crippen LogP contribution in [-0.2, 0) is 12.8 Å². The van der Waals surface area contributed by atoms with Gasteiger partial charge < -0.3 is 10.5 Å². The van der Waals surface area contributed by atoms with Gasteiger partial charge in [-0.15, -0.1) is 0 Å². The molecule has 4 heteroatoms. The number of nitrogens with two attached hydrogens (primary N) is 1. The molecule has 2 rings (SSSR count). The van der Waals surface area contributed by atoms with Crippen LogP contribution >= 0.6 is 11.6 Å². The smallest absolute Gasteiger partial charge is 0.124 e. The van der Waals surface area contributed by atoms with E-state index in [0.717, 1.165) is 23.3 Å². The van der Waals surface area contributed by atoms with Crippen molar-refractivity contribution >= 4 is 11.6 Å². The molecule has 2 N–H and O–H groups in total. The van der Waals surface area contributed by atoms with Crippen LogP contribution in [0, 0.1) is 5.82 Å². The summed E-state index contributed by atoms with van der Waals surface area (Å²) in [6.07, 6.45) is 1.35. The quantitative estimate of drug-likeness (QED) is 0.914. The summed E-state index contributed by atoms with van der Waals surface area (Å²) in [5.74, 6) is 0.492. The van der Waals surface area contributed by atoms with Gasteiger partial charge in [0.2, 0.25) is 0 Å². The minimum absolute atomic E-state index is 0.0636. The summed E-state index contributed by atoms with van der Waals surface area (Å²) in [4.78, 5) is 0. The molecule has 0 aliphatic rings. The Balaban J connectivity index is 1.99. The van der Waals surface area contributed by atoms with Crippen LogP contribution in [0.4, 0.5) is 4.39 Å². The summed E-state index contributed by atoms with van der Waals surface area (Å²) in [6, 6.07) is 12.1. The van der Waals surface area contributed by atoms with E-state index in [1.807, 2.05) is 24.3 Å². The van der Waals surface area contributed by atoms with E-state index in [9.17, 15) is 4.39 Å². The van der Waals surface area contributed by atoms with Gasteiger partial charge in [0.05, 0.1) is 7.11 Å². The van der Waals surface area contributed by atoms with E-state index in [1.54, 1.807) is 13.2 Å². The first-order chi connectivity index (χ1) is 9.58. The van der Waals surface area contributed by atoms with Crippen LogP contribution in [0.3, 0.4) is 0 Å². The van der Waals surface area contributed by atoms with Crippen LogP contribution in [0.2, 0.25) is 5.02 Å². The van der Waals surface area contributed by atoms with Crippen molar-refractivity contribution in [1.82, 2.24) is 0 Å². The van der Waals surface area contributed by atoms with Crippen molar-refractivity contribution in [3.05, 3.63) is 64.4 Å². The summed E-state index contributed by atoms with van der Waals surface area (Å²) < 4.78 is 18.1. The fourth-order valence-corrected chi connectivity index (χ4v) is 2.35. The van der Waals surface area contributed by atoms with E-state index in [0.29, 0.717) is 11.4 Å². The second-order valence-corrected chi connectivity index (χ2v) is 5.16. The second kappa shape index (κ2) is 6.73. The Kier molecular flexibility index (Phi) is 4.99. The standard InChI is InChI=1S/C16H17ClFNO/c1-20-15-6-2-11(3-7-15)8-14(19)9-12-4-5-13(18)10-16(12)17/h2-7,10,14H,8-9,19H2,1H3. The lowest BCUT2D eigenvalue weighted by molar-refractivity contribution is 0.414. The maximum Gasteiger partial charge on any atom is 0.124 e. The Labute approximate surface area is 123 Å². The number of ether oxygens (including phenoxy) is 1. The molecule has 106 valence electrons. The normalized spacial score (nSPS) is 12.2. The molecular formula is C16H17ClFNO. The molecule has 0 spiro atoms. The van der Waals surface area contributed by atoms with Crippen LogP contribution in [-0.4, -0.2) is 13.2 Å². The van der Waals surface area contributed by atoms with Gasteiger partial charge in [-0.3, -0.25) is 0 Å². The highest BCUT2D eigenvalue weighted by molar-refractivity contribution is 6.31. The number of halogens is 2. The van der Waals surface area contributed by atoms with Crippen molar-refractivity contribution in [2.45, 2.75) is 18.9 Å². The fourth-order valence-electron chi connectivity index (χ4n) is 2.11. The minimum atomic E-state index is -0.331. The van der Waals surface area contributed by atoms with E-state index in [-0.39, 0.29) is 11.9 Å². The summed E-state index contributed by atoms with van der Waals surface area (Å²) >= 11 is 6.00. The minimum Gasteiger partial charge on any atom is -0.497 e. The Bertz CT molecular complexity index is 571. The van der Waals surface area contributed by atoms with Gasteiger partial charge in [-0.25, -0.2) is 4.39 Å². The van der Waals surface area contributed by atoms with Crippen LogP contribution in [0.5, 0.6) is 5.75 Å². The summed E-state index contributed by atoms with van der Waals surface area (Å²) in [5.41, 5.74) is 8.14. The highest BCUT2D eigenvalue weighted by Crippen LogP contribution is 2.20. The average molecular weight is 294 g/mol. The molecule has 2 aromatic rings. The third-order valence-corrected chi connectivity index (χ3v) is 3.51. The largest absolute Gasteiger partial charge is 0.497 e. The number of rotatable bonds is 5. The van der Waals surface area contributed by atoms with Crippen molar-refractivity contribution in [1.29, 1.82) is 0 Å². The molecule has 1 atom stereocenters. The molecule has 0 amide bonds. The average Bonchev–Trinajstić information content (AvgIpc) is 2.43. The molecule has 0 saturated carbocycles. The summed E-state index contributed by atoms with van der Waals surface area (Å²) in [6.45, 7) is 0. The molecule has 0 aliphatic heterocycles. The molecule has 0 saturated heterocycles. The Morgan fingerprint density at radius 2 is 1.85 bits per heavy atom. The Morgan fingerprint density at radius 3 is 2.45 bits per heavy atom. The Hall–Kier alpha value is -1.58. The van der Waals surface area contributed by atoms with Crippen molar-refractivity contribution in [2.24, 2.45) is 5.73 Å². The SMILES string of the molecule is COc1ccc(CC(N)Cc2ccc(F)cc2Cl)cc1. The van der Waals surface area contributed by atoms with E-state index in [2.05, 4.69) is 0 Å². The van der Waals surface area contributed by atoms with Crippen molar-refractivity contribution < 1.29 is 9.13 Å². The predicted molar refractivity (Wildman–Crippen MR) is 79.8 cm³/mol. The summed E-state index contributed by atoms with van der Waals surface area (Å²) in [5, 5.41) is 0.426. The van der Waals surface area contributed by atoms with Crippen molar-refractivity contribution in [3.63, 3.8) is 0 Å². The zero-order valence-corrected chi connectivity index (χ0v) is 12.0. The second-order valence-electron chi connectivity index (χ2n) is 4.75. The monoisotopic (exact) mass is 293 g/mol. The molecule has 0 aliphatic carbocycles. The Morgan fingerprint density at radius 1 is 1.15 bits per heavy atom. The van der Waals surface area contributed by atoms with E-state index < -0.39 is 0 Å². The van der Waals surface area contributed by atoms with Gasteiger partial charge in [-0.2, -0.15) is 0 Å². The fraction of sp³-hybridized carbons (Fsp3) is 0.250. The highest BCUT2D eigenvalue weighted by Gasteiger charge is 2.09. The first-order valence-electron chi connectivity index (χ1n) is 6.41. The first-order valence-corrected chi connectivity index (χ1v) is 6.78. The van der Waals surface area contributed by atoms with E-state index in [1.165, 1.54) is 12.1 Å². The maximum absolute atomic E-state index is 13.0. The molecule has 0 aromatic heterocycles. The molecule has 1 unspecified atom stereocenters. The molecule has 2 aromatic carbocycles. The van der Waals surface area contributed by atoms with E-state index >= 15 is 0 Å². The lowest BCUT2D eigenvalue weighted by Crippen LogP contribution is -2.25. The number of hydrogen-bond acceptors (Lipinski definition) is 2. The van der Waals surface area contributed by atoms with Crippen LogP contribution in [0.15, 0.2) is 42.5 Å². The van der Waals surface area contributed by atoms with Crippen LogP contribution < -0.4 is 10.5 Å². The van der Waals surface area contributed by atoms with Gasteiger partial charge in [0.25, 0.3) is 0 Å². The topological polar surface area (TPSA) is 35.2 Å². The van der Waals surface area contributed by atoms with Gasteiger partial charge in [0, 0.05) is 11.1 Å². The van der Waals surface area contributed by atoms with E-state index in [4.69, 9.17) is 22.1 Å². The van der Waals surface area contributed by atoms with Gasteiger partial charge in [-0.05, 0) is 48.2 Å². The molecular weight excluding hydrogens is 277 g/mol. The number of benzene rings is 2. The zero-order chi connectivity index (χ0) is 14.5. The van der Waals surface area contributed by atoms with Crippen molar-refractivity contribution in [2.75, 3.05) is 7.11 Å². The van der Waals surface area contributed by atoms with Crippen LogP contribution in [0.25, 0.3) is 0 Å². The summed E-state index contributed by atoms with van der Waals surface area (Å²) in [7, 11) is 1.64. The molecule has 0 bridgehead atoms. The highest BCUT2D eigenvalue weighted by atomic mass is 35.5. The van der Waals surface area contributed by atoms with Crippen molar-refractivity contribution in [3.8, 4) is 5.75 Å². The first kappa shape index (κ1) is 14.8. The number of methoxy groups -OCH3 is 1. The lowest BCUT2D eigenvalue weighted by atomic mass is 9.99. The van der Waals surface area contributed by atoms with Gasteiger partial charge >= 0.3 is 0 Å². The lowest BCUT2D eigenvalue weighted by Gasteiger charge is -2.13. The molecule has 0 heterocycles. The van der Waals surface area contributed by atoms with Gasteiger partial charge in [0.15, 0.2) is 0 Å². The zero-order valence-electron chi connectivity index (χ0n) is 11.3. The molecule has 20 heavy (non-hydrogen) atoms. The third-order valence-electron chi connectivity index (χ3n) is 3.15. The number of hydrogen-bond donors (Lipinski definition) is 1. The van der Waals surface area contributed by atoms with Gasteiger partial charge in [0.1, 0.15) is 11.6 Å². The van der Waals surface area contributed by atoms with Crippen LogP contribution in [0.1, 0.15) is 11.1 Å². The van der Waals surface area contributed by atoms with Gasteiger partial charge in [-0.1, -0.05) is 29.8 Å². The molecule has 2 nitrogen and oxygen atoms in total. The third kappa shape index (κ3) is 3.95. The maximum atomic E-state index is 13.0. The predicted octanol–water partition coefficient (Wildman–Crippen LogP) is 3.60. The molecule has 0 fully saturated rings.